The molecule has 1 aliphatic rings. The predicted molar refractivity (Wildman–Crippen MR) is 96.9 cm³/mol. The zero-order valence-corrected chi connectivity index (χ0v) is 15.8. The third-order valence-electron chi connectivity index (χ3n) is 4.06. The quantitative estimate of drug-likeness (QED) is 0.577. The van der Waals surface area contributed by atoms with Crippen molar-refractivity contribution in [2.45, 2.75) is 18.1 Å². The number of hydrogen-bond donors (Lipinski definition) is 2. The number of halogens is 4. The third kappa shape index (κ3) is 3.25. The van der Waals surface area contributed by atoms with Crippen LogP contribution in [0.5, 0.6) is 0 Å². The van der Waals surface area contributed by atoms with Crippen LogP contribution in [0.2, 0.25) is 0 Å². The molecule has 3 aromatic rings. The summed E-state index contributed by atoms with van der Waals surface area (Å²) < 4.78 is 75.6. The predicted octanol–water partition coefficient (Wildman–Crippen LogP) is 4.66. The molecule has 2 aromatic carbocycles. The molecule has 0 aliphatic heterocycles. The van der Waals surface area contributed by atoms with Crippen molar-refractivity contribution >= 4 is 54.1 Å². The molecule has 1 aromatic heterocycles. The Labute approximate surface area is 159 Å². The van der Waals surface area contributed by atoms with Crippen LogP contribution in [0.15, 0.2) is 33.5 Å². The molecule has 1 aliphatic carbocycles. The number of hydrogen-bond acceptors (Lipinski definition) is 5. The van der Waals surface area contributed by atoms with Gasteiger partial charge in [-0.25, -0.2) is 26.6 Å². The second-order valence-corrected chi connectivity index (χ2v) is 8.88. The van der Waals surface area contributed by atoms with Gasteiger partial charge in [0, 0.05) is 4.47 Å². The van der Waals surface area contributed by atoms with Gasteiger partial charge in [-0.1, -0.05) is 15.9 Å². The van der Waals surface area contributed by atoms with Crippen LogP contribution in [0.4, 0.5) is 30.2 Å². The zero-order chi connectivity index (χ0) is 19.3. The van der Waals surface area contributed by atoms with Gasteiger partial charge in [0.25, 0.3) is 0 Å². The molecule has 1 fully saturated rings. The minimum Gasteiger partial charge on any atom is -0.441 e. The first-order chi connectivity index (χ1) is 12.8. The first kappa shape index (κ1) is 18.1. The third-order valence-corrected chi connectivity index (χ3v) is 6.39. The van der Waals surface area contributed by atoms with E-state index in [0.717, 1.165) is 12.5 Å². The fourth-order valence-electron chi connectivity index (χ4n) is 2.56. The standard InChI is InChI=1S/C16H11BrF3N3O3S/c17-7-1-4-10(9(18)5-7)22-13-11(19)12(20)14-16(26-6-21-14)15(13)23-27(24,25)8-2-3-8/h1,4-6,8,22-23H,2-3H2. The second-order valence-electron chi connectivity index (χ2n) is 6.00. The van der Waals surface area contributed by atoms with Crippen LogP contribution in [-0.4, -0.2) is 18.7 Å². The number of benzene rings is 2. The monoisotopic (exact) mass is 461 g/mol. The van der Waals surface area contributed by atoms with Crippen molar-refractivity contribution in [2.24, 2.45) is 0 Å². The van der Waals surface area contributed by atoms with Crippen LogP contribution in [0, 0.1) is 17.5 Å². The lowest BCUT2D eigenvalue weighted by molar-refractivity contribution is 0.518. The lowest BCUT2D eigenvalue weighted by Gasteiger charge is -2.16. The Bertz CT molecular complexity index is 1160. The van der Waals surface area contributed by atoms with Crippen LogP contribution >= 0.6 is 15.9 Å². The van der Waals surface area contributed by atoms with Crippen molar-refractivity contribution in [3.05, 3.63) is 46.5 Å². The van der Waals surface area contributed by atoms with Gasteiger partial charge in [0.05, 0.1) is 10.9 Å². The minimum atomic E-state index is -3.84. The first-order valence-corrected chi connectivity index (χ1v) is 10.1. The largest absolute Gasteiger partial charge is 0.441 e. The van der Waals surface area contributed by atoms with Gasteiger partial charge in [0.15, 0.2) is 29.1 Å². The maximum Gasteiger partial charge on any atom is 0.235 e. The van der Waals surface area contributed by atoms with Gasteiger partial charge in [-0.2, -0.15) is 0 Å². The smallest absolute Gasteiger partial charge is 0.235 e. The highest BCUT2D eigenvalue weighted by molar-refractivity contribution is 9.10. The van der Waals surface area contributed by atoms with Gasteiger partial charge >= 0.3 is 0 Å². The van der Waals surface area contributed by atoms with Gasteiger partial charge in [0.1, 0.15) is 17.2 Å². The van der Waals surface area contributed by atoms with Crippen LogP contribution in [0.3, 0.4) is 0 Å². The highest BCUT2D eigenvalue weighted by atomic mass is 79.9. The van der Waals surface area contributed by atoms with Gasteiger partial charge in [-0.15, -0.1) is 0 Å². The lowest BCUT2D eigenvalue weighted by Crippen LogP contribution is -2.19. The summed E-state index contributed by atoms with van der Waals surface area (Å²) >= 11 is 3.10. The average molecular weight is 462 g/mol. The van der Waals surface area contributed by atoms with Crippen molar-refractivity contribution in [1.29, 1.82) is 0 Å². The van der Waals surface area contributed by atoms with E-state index in [-0.39, 0.29) is 17.0 Å². The molecule has 0 bridgehead atoms. The van der Waals surface area contributed by atoms with Gasteiger partial charge in [-0.05, 0) is 31.0 Å². The molecule has 0 spiro atoms. The van der Waals surface area contributed by atoms with E-state index in [0.29, 0.717) is 17.3 Å². The fraction of sp³-hybridized carbons (Fsp3) is 0.188. The molecule has 4 rings (SSSR count). The molecule has 0 radical (unpaired) electrons. The van der Waals surface area contributed by atoms with Crippen LogP contribution in [0.25, 0.3) is 11.1 Å². The van der Waals surface area contributed by atoms with E-state index in [4.69, 9.17) is 4.42 Å². The highest BCUT2D eigenvalue weighted by Crippen LogP contribution is 2.41. The minimum absolute atomic E-state index is 0.178. The number of fused-ring (bicyclic) bond motifs is 1. The summed E-state index contributed by atoms with van der Waals surface area (Å²) in [4.78, 5) is 3.58. The summed E-state index contributed by atoms with van der Waals surface area (Å²) in [5.74, 6) is -3.50. The van der Waals surface area contributed by atoms with E-state index in [1.54, 1.807) is 0 Å². The number of rotatable bonds is 5. The Morgan fingerprint density at radius 3 is 2.56 bits per heavy atom. The molecule has 27 heavy (non-hydrogen) atoms. The van der Waals surface area contributed by atoms with Crippen molar-refractivity contribution < 1.29 is 26.0 Å². The van der Waals surface area contributed by atoms with Crippen molar-refractivity contribution in [3.63, 3.8) is 0 Å². The molecule has 1 saturated carbocycles. The number of anilines is 3. The van der Waals surface area contributed by atoms with E-state index in [1.165, 1.54) is 12.1 Å². The van der Waals surface area contributed by atoms with E-state index < -0.39 is 43.9 Å². The van der Waals surface area contributed by atoms with Crippen LogP contribution < -0.4 is 10.0 Å². The molecule has 0 amide bonds. The van der Waals surface area contributed by atoms with E-state index in [1.807, 2.05) is 0 Å². The summed E-state index contributed by atoms with van der Waals surface area (Å²) in [6, 6.07) is 3.90. The number of sulfonamides is 1. The Morgan fingerprint density at radius 2 is 1.89 bits per heavy atom. The lowest BCUT2D eigenvalue weighted by atomic mass is 10.2. The fourth-order valence-corrected chi connectivity index (χ4v) is 4.30. The Morgan fingerprint density at radius 1 is 1.15 bits per heavy atom. The van der Waals surface area contributed by atoms with Crippen molar-refractivity contribution in [1.82, 2.24) is 4.98 Å². The van der Waals surface area contributed by atoms with Crippen LogP contribution in [0.1, 0.15) is 12.8 Å². The van der Waals surface area contributed by atoms with Gasteiger partial charge < -0.3 is 9.73 Å². The molecular formula is C16H11BrF3N3O3S. The summed E-state index contributed by atoms with van der Waals surface area (Å²) in [7, 11) is -3.84. The summed E-state index contributed by atoms with van der Waals surface area (Å²) in [5, 5.41) is 1.79. The summed E-state index contributed by atoms with van der Waals surface area (Å²) in [5.41, 5.74) is -1.90. The topological polar surface area (TPSA) is 84.2 Å². The second kappa shape index (κ2) is 6.41. The molecule has 2 N–H and O–H groups in total. The summed E-state index contributed by atoms with van der Waals surface area (Å²) in [6.07, 6.45) is 1.79. The molecule has 0 saturated heterocycles. The molecule has 142 valence electrons. The zero-order valence-electron chi connectivity index (χ0n) is 13.4. The van der Waals surface area contributed by atoms with Crippen LogP contribution in [-0.2, 0) is 10.0 Å². The molecule has 6 nitrogen and oxygen atoms in total. The molecule has 0 unspecified atom stereocenters. The highest BCUT2D eigenvalue weighted by Gasteiger charge is 2.37. The van der Waals surface area contributed by atoms with E-state index >= 15 is 0 Å². The van der Waals surface area contributed by atoms with Crippen molar-refractivity contribution in [2.75, 3.05) is 10.0 Å². The number of nitrogens with zero attached hydrogens (tertiary/aromatic N) is 1. The SMILES string of the molecule is O=S(=O)(Nc1c(Nc2ccc(Br)cc2F)c(F)c(F)c2ncoc12)C1CC1. The Kier molecular flexibility index (Phi) is 4.30. The Hall–Kier alpha value is -2.27. The first-order valence-electron chi connectivity index (χ1n) is 7.76. The van der Waals surface area contributed by atoms with Gasteiger partial charge in [-0.3, -0.25) is 4.72 Å². The number of aromatic nitrogens is 1. The molecular weight excluding hydrogens is 451 g/mol. The number of oxazole rings is 1. The Balaban J connectivity index is 1.89. The maximum atomic E-state index is 14.7. The van der Waals surface area contributed by atoms with Crippen molar-refractivity contribution in [3.8, 4) is 0 Å². The summed E-state index contributed by atoms with van der Waals surface area (Å²) in [6.45, 7) is 0. The van der Waals surface area contributed by atoms with Gasteiger partial charge in [0.2, 0.25) is 10.0 Å². The maximum absolute atomic E-state index is 14.7. The average Bonchev–Trinajstić information content (AvgIpc) is 3.36. The molecule has 1 heterocycles. The van der Waals surface area contributed by atoms with E-state index in [2.05, 4.69) is 31.0 Å². The molecule has 0 atom stereocenters. The molecule has 11 heteroatoms. The van der Waals surface area contributed by atoms with E-state index in [9.17, 15) is 21.6 Å². The normalized spacial score (nSPS) is 14.5. The number of nitrogens with one attached hydrogen (secondary N) is 2.